The molecule has 0 bridgehead atoms. The van der Waals surface area contributed by atoms with Gasteiger partial charge in [-0.1, -0.05) is 6.07 Å². The summed E-state index contributed by atoms with van der Waals surface area (Å²) >= 11 is 0. The van der Waals surface area contributed by atoms with E-state index in [9.17, 15) is 4.79 Å². The zero-order valence-electron chi connectivity index (χ0n) is 13.2. The maximum Gasteiger partial charge on any atom is 0.257 e. The first-order valence-corrected chi connectivity index (χ1v) is 7.84. The standard InChI is InChI=1S/C17H26N2O2/c1-14-6-7-16(12-15(14)2)21-13-17(20)18-8-5-11-19-9-3-4-10-19/h6-7,12H,3-5,8-11,13H2,1-2H3,(H,18,20). The fraction of sp³-hybridized carbons (Fsp3) is 0.588. The summed E-state index contributed by atoms with van der Waals surface area (Å²) in [5.41, 5.74) is 2.41. The number of benzene rings is 1. The van der Waals surface area contributed by atoms with E-state index in [-0.39, 0.29) is 12.5 Å². The van der Waals surface area contributed by atoms with Crippen LogP contribution < -0.4 is 10.1 Å². The molecule has 2 rings (SSSR count). The van der Waals surface area contributed by atoms with Crippen molar-refractivity contribution in [2.75, 3.05) is 32.8 Å². The van der Waals surface area contributed by atoms with Gasteiger partial charge in [0.05, 0.1) is 0 Å². The van der Waals surface area contributed by atoms with E-state index in [1.165, 1.54) is 37.1 Å². The minimum Gasteiger partial charge on any atom is -0.484 e. The fourth-order valence-corrected chi connectivity index (χ4v) is 2.54. The van der Waals surface area contributed by atoms with Gasteiger partial charge in [0, 0.05) is 6.54 Å². The van der Waals surface area contributed by atoms with Crippen LogP contribution in [0.5, 0.6) is 5.75 Å². The van der Waals surface area contributed by atoms with E-state index >= 15 is 0 Å². The number of hydrogen-bond acceptors (Lipinski definition) is 3. The molecule has 1 fully saturated rings. The van der Waals surface area contributed by atoms with Crippen LogP contribution >= 0.6 is 0 Å². The van der Waals surface area contributed by atoms with E-state index in [1.807, 2.05) is 25.1 Å². The van der Waals surface area contributed by atoms with Crippen LogP contribution in [0.2, 0.25) is 0 Å². The molecule has 0 aliphatic carbocycles. The van der Waals surface area contributed by atoms with E-state index in [1.54, 1.807) is 0 Å². The molecule has 0 radical (unpaired) electrons. The van der Waals surface area contributed by atoms with Gasteiger partial charge in [-0.3, -0.25) is 4.79 Å². The van der Waals surface area contributed by atoms with Crippen molar-refractivity contribution in [2.24, 2.45) is 0 Å². The maximum atomic E-state index is 11.7. The molecule has 4 heteroatoms. The number of ether oxygens (including phenoxy) is 1. The van der Waals surface area contributed by atoms with Crippen molar-refractivity contribution >= 4 is 5.91 Å². The van der Waals surface area contributed by atoms with Gasteiger partial charge in [0.2, 0.25) is 0 Å². The molecule has 0 unspecified atom stereocenters. The molecule has 21 heavy (non-hydrogen) atoms. The Balaban J connectivity index is 1.59. The maximum absolute atomic E-state index is 11.7. The van der Waals surface area contributed by atoms with Crippen molar-refractivity contribution in [1.82, 2.24) is 10.2 Å². The van der Waals surface area contributed by atoms with E-state index in [2.05, 4.69) is 17.1 Å². The highest BCUT2D eigenvalue weighted by Crippen LogP contribution is 2.16. The number of nitrogens with zero attached hydrogens (tertiary/aromatic N) is 1. The molecule has 1 saturated heterocycles. The molecule has 0 atom stereocenters. The summed E-state index contributed by atoms with van der Waals surface area (Å²) in [6.45, 7) is 8.43. The first-order chi connectivity index (χ1) is 10.1. The van der Waals surface area contributed by atoms with Gasteiger partial charge in [-0.25, -0.2) is 0 Å². The zero-order valence-corrected chi connectivity index (χ0v) is 13.2. The van der Waals surface area contributed by atoms with Crippen LogP contribution in [0.3, 0.4) is 0 Å². The molecule has 0 spiro atoms. The molecule has 1 aromatic rings. The number of rotatable bonds is 7. The smallest absolute Gasteiger partial charge is 0.257 e. The van der Waals surface area contributed by atoms with Gasteiger partial charge in [-0.15, -0.1) is 0 Å². The van der Waals surface area contributed by atoms with Gasteiger partial charge in [0.1, 0.15) is 5.75 Å². The highest BCUT2D eigenvalue weighted by atomic mass is 16.5. The van der Waals surface area contributed by atoms with E-state index < -0.39 is 0 Å². The number of nitrogens with one attached hydrogen (secondary N) is 1. The van der Waals surface area contributed by atoms with Crippen LogP contribution in [-0.4, -0.2) is 43.6 Å². The Hall–Kier alpha value is -1.55. The third kappa shape index (κ3) is 5.38. The van der Waals surface area contributed by atoms with Crippen molar-refractivity contribution in [1.29, 1.82) is 0 Å². The number of hydrogen-bond donors (Lipinski definition) is 1. The lowest BCUT2D eigenvalue weighted by atomic mass is 10.1. The van der Waals surface area contributed by atoms with Gasteiger partial charge in [-0.2, -0.15) is 0 Å². The van der Waals surface area contributed by atoms with Gasteiger partial charge >= 0.3 is 0 Å². The van der Waals surface area contributed by atoms with Gasteiger partial charge in [0.15, 0.2) is 6.61 Å². The molecule has 0 aromatic heterocycles. The molecule has 1 heterocycles. The highest BCUT2D eigenvalue weighted by Gasteiger charge is 2.10. The second-order valence-electron chi connectivity index (χ2n) is 5.79. The fourth-order valence-electron chi connectivity index (χ4n) is 2.54. The minimum atomic E-state index is -0.0466. The molecular formula is C17H26N2O2. The Labute approximate surface area is 127 Å². The molecule has 4 nitrogen and oxygen atoms in total. The summed E-state index contributed by atoms with van der Waals surface area (Å²) in [6.07, 6.45) is 3.64. The number of aryl methyl sites for hydroxylation is 2. The number of likely N-dealkylation sites (tertiary alicyclic amines) is 1. The minimum absolute atomic E-state index is 0.0466. The van der Waals surface area contributed by atoms with Crippen LogP contribution in [0.4, 0.5) is 0 Å². The first kappa shape index (κ1) is 15.8. The average Bonchev–Trinajstić information content (AvgIpc) is 2.98. The summed E-state index contributed by atoms with van der Waals surface area (Å²) in [7, 11) is 0. The molecule has 116 valence electrons. The predicted molar refractivity (Wildman–Crippen MR) is 84.7 cm³/mol. The van der Waals surface area contributed by atoms with E-state index in [0.29, 0.717) is 0 Å². The van der Waals surface area contributed by atoms with E-state index in [0.717, 1.165) is 25.3 Å². The Morgan fingerprint density at radius 1 is 1.24 bits per heavy atom. The predicted octanol–water partition coefficient (Wildman–Crippen LogP) is 2.28. The third-order valence-corrected chi connectivity index (χ3v) is 4.02. The molecule has 1 aliphatic rings. The highest BCUT2D eigenvalue weighted by molar-refractivity contribution is 5.77. The van der Waals surface area contributed by atoms with Crippen LogP contribution in [0.15, 0.2) is 18.2 Å². The molecular weight excluding hydrogens is 264 g/mol. The molecule has 1 N–H and O–H groups in total. The number of carbonyl (C=O) groups is 1. The summed E-state index contributed by atoms with van der Waals surface area (Å²) in [5, 5.41) is 2.91. The first-order valence-electron chi connectivity index (χ1n) is 7.84. The van der Waals surface area contributed by atoms with Crippen molar-refractivity contribution in [3.8, 4) is 5.75 Å². The topological polar surface area (TPSA) is 41.6 Å². The third-order valence-electron chi connectivity index (χ3n) is 4.02. The SMILES string of the molecule is Cc1ccc(OCC(=O)NCCCN2CCCC2)cc1C. The van der Waals surface area contributed by atoms with Gasteiger partial charge in [0.25, 0.3) is 5.91 Å². The molecule has 1 amide bonds. The van der Waals surface area contributed by atoms with Crippen molar-refractivity contribution in [3.63, 3.8) is 0 Å². The largest absolute Gasteiger partial charge is 0.484 e. The zero-order chi connectivity index (χ0) is 15.1. The average molecular weight is 290 g/mol. The van der Waals surface area contributed by atoms with Crippen LogP contribution in [-0.2, 0) is 4.79 Å². The summed E-state index contributed by atoms with van der Waals surface area (Å²) in [6, 6.07) is 5.89. The monoisotopic (exact) mass is 290 g/mol. The van der Waals surface area contributed by atoms with Gasteiger partial charge in [-0.05, 0) is 76.0 Å². The second-order valence-corrected chi connectivity index (χ2v) is 5.79. The quantitative estimate of drug-likeness (QED) is 0.783. The molecule has 1 aromatic carbocycles. The number of amides is 1. The Morgan fingerprint density at radius 2 is 2.00 bits per heavy atom. The Bertz CT molecular complexity index is 468. The van der Waals surface area contributed by atoms with Crippen LogP contribution in [0.25, 0.3) is 0 Å². The second kappa shape index (κ2) is 8.03. The van der Waals surface area contributed by atoms with Crippen molar-refractivity contribution in [3.05, 3.63) is 29.3 Å². The van der Waals surface area contributed by atoms with Crippen LogP contribution in [0, 0.1) is 13.8 Å². The Kier molecular flexibility index (Phi) is 6.05. The summed E-state index contributed by atoms with van der Waals surface area (Å²) < 4.78 is 5.51. The normalized spacial score (nSPS) is 15.1. The Morgan fingerprint density at radius 3 is 2.71 bits per heavy atom. The lowest BCUT2D eigenvalue weighted by molar-refractivity contribution is -0.123. The van der Waals surface area contributed by atoms with Gasteiger partial charge < -0.3 is 15.0 Å². The summed E-state index contributed by atoms with van der Waals surface area (Å²) in [4.78, 5) is 14.2. The van der Waals surface area contributed by atoms with Crippen molar-refractivity contribution in [2.45, 2.75) is 33.1 Å². The van der Waals surface area contributed by atoms with Crippen LogP contribution in [0.1, 0.15) is 30.4 Å². The molecule has 1 aliphatic heterocycles. The summed E-state index contributed by atoms with van der Waals surface area (Å²) in [5.74, 6) is 0.708. The molecule has 0 saturated carbocycles. The van der Waals surface area contributed by atoms with Crippen molar-refractivity contribution < 1.29 is 9.53 Å². The lowest BCUT2D eigenvalue weighted by Crippen LogP contribution is -2.32. The lowest BCUT2D eigenvalue weighted by Gasteiger charge is -2.14. The number of carbonyl (C=O) groups excluding carboxylic acids is 1. The van der Waals surface area contributed by atoms with E-state index in [4.69, 9.17) is 4.74 Å².